The number of hydrogen-bond donors (Lipinski definition) is 1. The van der Waals surface area contributed by atoms with Crippen LogP contribution in [0.1, 0.15) is 33.1 Å². The molecule has 0 rings (SSSR count). The highest BCUT2D eigenvalue weighted by Gasteiger charge is 2.16. The van der Waals surface area contributed by atoms with Crippen LogP contribution in [0, 0.1) is 0 Å². The van der Waals surface area contributed by atoms with Crippen molar-refractivity contribution in [3.8, 4) is 0 Å². The van der Waals surface area contributed by atoms with E-state index in [9.17, 15) is 9.90 Å². The molecule has 0 unspecified atom stereocenters. The van der Waals surface area contributed by atoms with Gasteiger partial charge in [0.1, 0.15) is 0 Å². The van der Waals surface area contributed by atoms with E-state index >= 15 is 0 Å². The van der Waals surface area contributed by atoms with Gasteiger partial charge >= 0.3 is 5.97 Å². The molecular formula is C12H20O3. The standard InChI is InChI=1S/C12H20O3/c1-4-6-9-12(3,14)10-7-8-11(13)15-5-2/h4,7-8,14H,1,5-6,9-10H2,2-3H3/b8-7-/t12-/m0/s1. The monoisotopic (exact) mass is 212 g/mol. The number of carbonyl (C=O) groups excluding carboxylic acids is 1. The molecule has 3 nitrogen and oxygen atoms in total. The van der Waals surface area contributed by atoms with Gasteiger partial charge in [-0.05, 0) is 33.1 Å². The van der Waals surface area contributed by atoms with Crippen molar-refractivity contribution < 1.29 is 14.6 Å². The van der Waals surface area contributed by atoms with E-state index in [4.69, 9.17) is 4.74 Å². The van der Waals surface area contributed by atoms with E-state index in [0.29, 0.717) is 19.4 Å². The zero-order valence-electron chi connectivity index (χ0n) is 9.53. The summed E-state index contributed by atoms with van der Waals surface area (Å²) in [5, 5.41) is 9.84. The normalized spacial score (nSPS) is 14.9. The Morgan fingerprint density at radius 3 is 2.80 bits per heavy atom. The van der Waals surface area contributed by atoms with E-state index in [-0.39, 0.29) is 5.97 Å². The summed E-state index contributed by atoms with van der Waals surface area (Å²) in [7, 11) is 0. The lowest BCUT2D eigenvalue weighted by atomic mass is 9.96. The largest absolute Gasteiger partial charge is 0.463 e. The summed E-state index contributed by atoms with van der Waals surface area (Å²) in [5.41, 5.74) is -0.781. The highest BCUT2D eigenvalue weighted by molar-refractivity contribution is 5.81. The number of carbonyl (C=O) groups is 1. The minimum atomic E-state index is -0.781. The third kappa shape index (κ3) is 7.94. The number of esters is 1. The zero-order chi connectivity index (χ0) is 11.7. The van der Waals surface area contributed by atoms with Gasteiger partial charge < -0.3 is 9.84 Å². The lowest BCUT2D eigenvalue weighted by Gasteiger charge is -2.20. The predicted octanol–water partition coefficient (Wildman–Crippen LogP) is 2.21. The molecule has 1 atom stereocenters. The Bertz CT molecular complexity index is 229. The van der Waals surface area contributed by atoms with Crippen molar-refractivity contribution in [2.45, 2.75) is 38.7 Å². The van der Waals surface area contributed by atoms with E-state index in [0.717, 1.165) is 6.42 Å². The predicted molar refractivity (Wildman–Crippen MR) is 60.4 cm³/mol. The Kier molecular flexibility index (Phi) is 6.71. The molecule has 0 heterocycles. The van der Waals surface area contributed by atoms with Crippen molar-refractivity contribution in [3.63, 3.8) is 0 Å². The summed E-state index contributed by atoms with van der Waals surface area (Å²) in [6.45, 7) is 7.46. The molecule has 0 aromatic heterocycles. The first-order valence-electron chi connectivity index (χ1n) is 5.18. The molecule has 0 aliphatic heterocycles. The number of hydrogen-bond acceptors (Lipinski definition) is 3. The van der Waals surface area contributed by atoms with Gasteiger partial charge in [0.05, 0.1) is 12.2 Å². The van der Waals surface area contributed by atoms with Crippen molar-refractivity contribution in [2.24, 2.45) is 0 Å². The van der Waals surface area contributed by atoms with Crippen LogP contribution in [0.25, 0.3) is 0 Å². The molecule has 0 radical (unpaired) electrons. The first-order valence-corrected chi connectivity index (χ1v) is 5.18. The lowest BCUT2D eigenvalue weighted by Crippen LogP contribution is -2.22. The van der Waals surface area contributed by atoms with Crippen molar-refractivity contribution in [1.82, 2.24) is 0 Å². The van der Waals surface area contributed by atoms with Gasteiger partial charge in [0.15, 0.2) is 0 Å². The first kappa shape index (κ1) is 13.9. The van der Waals surface area contributed by atoms with Crippen molar-refractivity contribution in [1.29, 1.82) is 0 Å². The third-order valence-corrected chi connectivity index (χ3v) is 1.99. The van der Waals surface area contributed by atoms with Crippen LogP contribution in [0.2, 0.25) is 0 Å². The summed E-state index contributed by atoms with van der Waals surface area (Å²) < 4.78 is 4.71. The fourth-order valence-electron chi connectivity index (χ4n) is 1.11. The number of allylic oxidation sites excluding steroid dienone is 1. The molecule has 15 heavy (non-hydrogen) atoms. The maximum absolute atomic E-state index is 10.9. The Hall–Kier alpha value is -1.09. The quantitative estimate of drug-likeness (QED) is 0.400. The molecule has 0 bridgehead atoms. The molecule has 3 heteroatoms. The van der Waals surface area contributed by atoms with Crippen LogP contribution in [-0.2, 0) is 9.53 Å². The minimum absolute atomic E-state index is 0.364. The van der Waals surface area contributed by atoms with E-state index in [1.165, 1.54) is 6.08 Å². The van der Waals surface area contributed by atoms with Crippen LogP contribution in [0.5, 0.6) is 0 Å². The van der Waals surface area contributed by atoms with E-state index in [1.807, 2.05) is 0 Å². The molecule has 1 N–H and O–H groups in total. The van der Waals surface area contributed by atoms with Crippen LogP contribution in [0.3, 0.4) is 0 Å². The second kappa shape index (κ2) is 7.23. The molecule has 0 aromatic rings. The highest BCUT2D eigenvalue weighted by atomic mass is 16.5. The van der Waals surface area contributed by atoms with Crippen LogP contribution >= 0.6 is 0 Å². The SMILES string of the molecule is C=CCC[C@](C)(O)C/C=C\C(=O)OCC. The lowest BCUT2D eigenvalue weighted by molar-refractivity contribution is -0.137. The minimum Gasteiger partial charge on any atom is -0.463 e. The van der Waals surface area contributed by atoms with Crippen molar-refractivity contribution >= 4 is 5.97 Å². The van der Waals surface area contributed by atoms with Crippen molar-refractivity contribution in [3.05, 3.63) is 24.8 Å². The van der Waals surface area contributed by atoms with Gasteiger partial charge in [0.25, 0.3) is 0 Å². The number of ether oxygens (including phenoxy) is 1. The van der Waals surface area contributed by atoms with Crippen LogP contribution in [-0.4, -0.2) is 23.3 Å². The maximum atomic E-state index is 10.9. The molecule has 0 saturated heterocycles. The van der Waals surface area contributed by atoms with E-state index in [2.05, 4.69) is 6.58 Å². The zero-order valence-corrected chi connectivity index (χ0v) is 9.53. The van der Waals surface area contributed by atoms with Gasteiger partial charge in [-0.2, -0.15) is 0 Å². The molecule has 0 saturated carbocycles. The molecule has 0 fully saturated rings. The molecular weight excluding hydrogens is 192 g/mol. The van der Waals surface area contributed by atoms with Crippen LogP contribution in [0.4, 0.5) is 0 Å². The average Bonchev–Trinajstić information content (AvgIpc) is 2.15. The smallest absolute Gasteiger partial charge is 0.330 e. The summed E-state index contributed by atoms with van der Waals surface area (Å²) >= 11 is 0. The Morgan fingerprint density at radius 2 is 2.27 bits per heavy atom. The summed E-state index contributed by atoms with van der Waals surface area (Å²) in [6.07, 6.45) is 6.61. The van der Waals surface area contributed by atoms with Crippen LogP contribution in [0.15, 0.2) is 24.8 Å². The second-order valence-corrected chi connectivity index (χ2v) is 3.68. The van der Waals surface area contributed by atoms with Gasteiger partial charge in [0.2, 0.25) is 0 Å². The van der Waals surface area contributed by atoms with Gasteiger partial charge in [-0.1, -0.05) is 12.2 Å². The Morgan fingerprint density at radius 1 is 1.60 bits per heavy atom. The topological polar surface area (TPSA) is 46.5 Å². The molecule has 0 aromatic carbocycles. The first-order chi connectivity index (χ1) is 7.02. The number of aliphatic hydroxyl groups is 1. The Labute approximate surface area is 91.4 Å². The molecule has 0 aliphatic carbocycles. The summed E-state index contributed by atoms with van der Waals surface area (Å²) in [4.78, 5) is 10.9. The number of rotatable bonds is 7. The molecule has 0 spiro atoms. The van der Waals surface area contributed by atoms with E-state index in [1.54, 1.807) is 26.0 Å². The van der Waals surface area contributed by atoms with E-state index < -0.39 is 5.60 Å². The van der Waals surface area contributed by atoms with Gasteiger partial charge in [-0.25, -0.2) is 4.79 Å². The molecule has 0 aliphatic rings. The molecule has 86 valence electrons. The molecule has 0 amide bonds. The fraction of sp³-hybridized carbons (Fsp3) is 0.583. The second-order valence-electron chi connectivity index (χ2n) is 3.68. The Balaban J connectivity index is 3.90. The van der Waals surface area contributed by atoms with Crippen LogP contribution < -0.4 is 0 Å². The summed E-state index contributed by atoms with van der Waals surface area (Å²) in [5.74, 6) is -0.364. The highest BCUT2D eigenvalue weighted by Crippen LogP contribution is 2.17. The maximum Gasteiger partial charge on any atom is 0.330 e. The van der Waals surface area contributed by atoms with Gasteiger partial charge in [-0.15, -0.1) is 6.58 Å². The fourth-order valence-corrected chi connectivity index (χ4v) is 1.11. The van der Waals surface area contributed by atoms with Gasteiger partial charge in [0, 0.05) is 6.08 Å². The van der Waals surface area contributed by atoms with Gasteiger partial charge in [-0.3, -0.25) is 0 Å². The third-order valence-electron chi connectivity index (χ3n) is 1.99. The van der Waals surface area contributed by atoms with Crippen molar-refractivity contribution in [2.75, 3.05) is 6.61 Å². The average molecular weight is 212 g/mol. The summed E-state index contributed by atoms with van der Waals surface area (Å²) in [6, 6.07) is 0.